The van der Waals surface area contributed by atoms with Crippen LogP contribution in [0.4, 0.5) is 0 Å². The number of esters is 1. The van der Waals surface area contributed by atoms with E-state index in [4.69, 9.17) is 20.4 Å². The molecule has 0 bridgehead atoms. The highest BCUT2D eigenvalue weighted by Crippen LogP contribution is 2.02. The van der Waals surface area contributed by atoms with Gasteiger partial charge >= 0.3 is 5.97 Å². The summed E-state index contributed by atoms with van der Waals surface area (Å²) in [6.45, 7) is -0.841. The van der Waals surface area contributed by atoms with Crippen LogP contribution in [0.3, 0.4) is 0 Å². The summed E-state index contributed by atoms with van der Waals surface area (Å²) in [5.74, 6) is -2.71. The molecule has 0 fully saturated rings. The van der Waals surface area contributed by atoms with Gasteiger partial charge in [0, 0.05) is 0 Å². The molecule has 0 aromatic carbocycles. The van der Waals surface area contributed by atoms with E-state index in [9.17, 15) is 9.59 Å². The van der Waals surface area contributed by atoms with Crippen LogP contribution in [0.2, 0.25) is 0 Å². The van der Waals surface area contributed by atoms with Crippen molar-refractivity contribution in [3.05, 3.63) is 0 Å². The van der Waals surface area contributed by atoms with Crippen LogP contribution in [0.25, 0.3) is 0 Å². The average molecular weight is 208 g/mol. The highest BCUT2D eigenvalue weighted by Gasteiger charge is 2.34. The monoisotopic (exact) mass is 208 g/mol. The molecular formula is C7H12O7. The number of aliphatic hydroxyl groups is 4. The molecule has 0 aliphatic heterocycles. The Morgan fingerprint density at radius 3 is 2.14 bits per heavy atom. The zero-order chi connectivity index (χ0) is 11.3. The molecule has 0 spiro atoms. The molecule has 0 radical (unpaired) electrons. The zero-order valence-corrected chi connectivity index (χ0v) is 7.45. The lowest BCUT2D eigenvalue weighted by Gasteiger charge is -2.19. The maximum absolute atomic E-state index is 10.9. The van der Waals surface area contributed by atoms with Crippen LogP contribution >= 0.6 is 0 Å². The lowest BCUT2D eigenvalue weighted by molar-refractivity contribution is -0.161. The quantitative estimate of drug-likeness (QED) is 0.277. The fraction of sp³-hybridized carbons (Fsp3) is 0.714. The second kappa shape index (κ2) is 5.66. The minimum Gasteiger partial charge on any atom is -0.463 e. The average Bonchev–Trinajstić information content (AvgIpc) is 2.23. The van der Waals surface area contributed by atoms with E-state index in [1.54, 1.807) is 0 Å². The maximum atomic E-state index is 10.9. The van der Waals surface area contributed by atoms with Gasteiger partial charge in [-0.2, -0.15) is 0 Å². The van der Waals surface area contributed by atoms with Crippen molar-refractivity contribution >= 4 is 11.8 Å². The minimum absolute atomic E-state index is 0.841. The summed E-state index contributed by atoms with van der Waals surface area (Å²) < 4.78 is 3.99. The van der Waals surface area contributed by atoms with E-state index in [0.717, 1.165) is 7.11 Å². The second-order valence-electron chi connectivity index (χ2n) is 2.54. The Labute approximate surface area is 79.5 Å². The van der Waals surface area contributed by atoms with Crippen LogP contribution < -0.4 is 0 Å². The van der Waals surface area contributed by atoms with E-state index in [2.05, 4.69) is 4.74 Å². The molecule has 4 N–H and O–H groups in total. The number of methoxy groups -OCH3 is 1. The van der Waals surface area contributed by atoms with Crippen LogP contribution in [-0.4, -0.2) is 64.2 Å². The summed E-state index contributed by atoms with van der Waals surface area (Å²) in [5.41, 5.74) is 0. The summed E-state index contributed by atoms with van der Waals surface area (Å²) >= 11 is 0. The van der Waals surface area contributed by atoms with Gasteiger partial charge in [0.1, 0.15) is 12.2 Å². The lowest BCUT2D eigenvalue weighted by Crippen LogP contribution is -2.46. The van der Waals surface area contributed by atoms with E-state index in [1.807, 2.05) is 0 Å². The summed E-state index contributed by atoms with van der Waals surface area (Å²) in [6, 6.07) is 0. The number of ketones is 1. The molecule has 0 saturated heterocycles. The van der Waals surface area contributed by atoms with E-state index in [0.29, 0.717) is 0 Å². The molecular weight excluding hydrogens is 196 g/mol. The molecule has 0 aliphatic carbocycles. The molecule has 3 atom stereocenters. The second-order valence-corrected chi connectivity index (χ2v) is 2.54. The number of rotatable bonds is 5. The predicted molar refractivity (Wildman–Crippen MR) is 42.1 cm³/mol. The van der Waals surface area contributed by atoms with Crippen LogP contribution in [0, 0.1) is 0 Å². The molecule has 0 saturated carbocycles. The third-order valence-corrected chi connectivity index (χ3v) is 1.56. The number of carbonyl (C=O) groups is 2. The third kappa shape index (κ3) is 3.04. The van der Waals surface area contributed by atoms with Crippen molar-refractivity contribution in [3.8, 4) is 0 Å². The van der Waals surface area contributed by atoms with Crippen LogP contribution in [0.5, 0.6) is 0 Å². The Balaban J connectivity index is 4.38. The zero-order valence-electron chi connectivity index (χ0n) is 7.45. The third-order valence-electron chi connectivity index (χ3n) is 1.56. The first-order valence-corrected chi connectivity index (χ1v) is 3.73. The van der Waals surface area contributed by atoms with Crippen molar-refractivity contribution in [1.82, 2.24) is 0 Å². The maximum Gasteiger partial charge on any atom is 0.377 e. The largest absolute Gasteiger partial charge is 0.463 e. The van der Waals surface area contributed by atoms with Gasteiger partial charge in [0.2, 0.25) is 0 Å². The van der Waals surface area contributed by atoms with E-state index in [-0.39, 0.29) is 0 Å². The highest BCUT2D eigenvalue weighted by atomic mass is 16.5. The smallest absolute Gasteiger partial charge is 0.377 e. The molecule has 7 nitrogen and oxygen atoms in total. The molecule has 0 rings (SSSR count). The van der Waals surface area contributed by atoms with Crippen molar-refractivity contribution in [2.75, 3.05) is 13.7 Å². The first-order chi connectivity index (χ1) is 6.45. The molecule has 0 amide bonds. The number of Topliss-reactive ketones (excluding diaryl/α,β-unsaturated/α-hetero) is 1. The molecule has 0 unspecified atom stereocenters. The lowest BCUT2D eigenvalue weighted by atomic mass is 10.1. The molecule has 0 aromatic heterocycles. The predicted octanol–water partition coefficient (Wildman–Crippen LogP) is -3.20. The van der Waals surface area contributed by atoms with Crippen LogP contribution in [0.1, 0.15) is 0 Å². The van der Waals surface area contributed by atoms with Crippen molar-refractivity contribution < 1.29 is 34.8 Å². The van der Waals surface area contributed by atoms with Gasteiger partial charge in [-0.3, -0.25) is 4.79 Å². The number of ether oxygens (including phenoxy) is 1. The number of aliphatic hydroxyl groups excluding tert-OH is 4. The normalized spacial score (nSPS) is 16.9. The molecule has 14 heavy (non-hydrogen) atoms. The Kier molecular flexibility index (Phi) is 5.24. The van der Waals surface area contributed by atoms with Crippen molar-refractivity contribution in [1.29, 1.82) is 0 Å². The topological polar surface area (TPSA) is 124 Å². The molecule has 0 aromatic rings. The van der Waals surface area contributed by atoms with Gasteiger partial charge in [-0.1, -0.05) is 0 Å². The fourth-order valence-corrected chi connectivity index (χ4v) is 0.695. The summed E-state index contributed by atoms with van der Waals surface area (Å²) in [6.07, 6.45) is -5.73. The highest BCUT2D eigenvalue weighted by molar-refractivity contribution is 6.35. The number of carbonyl (C=O) groups excluding carboxylic acids is 2. The van der Waals surface area contributed by atoms with Gasteiger partial charge in [-0.05, 0) is 0 Å². The number of hydrogen-bond donors (Lipinski definition) is 4. The van der Waals surface area contributed by atoms with Gasteiger partial charge in [0.15, 0.2) is 6.10 Å². The molecule has 7 heteroatoms. The van der Waals surface area contributed by atoms with Gasteiger partial charge in [-0.25, -0.2) is 4.79 Å². The Morgan fingerprint density at radius 1 is 1.29 bits per heavy atom. The number of hydrogen-bond acceptors (Lipinski definition) is 7. The van der Waals surface area contributed by atoms with Gasteiger partial charge < -0.3 is 25.2 Å². The first kappa shape index (κ1) is 13.0. The molecule has 82 valence electrons. The van der Waals surface area contributed by atoms with Crippen LogP contribution in [0.15, 0.2) is 0 Å². The van der Waals surface area contributed by atoms with Crippen molar-refractivity contribution in [2.45, 2.75) is 18.3 Å². The van der Waals surface area contributed by atoms with Gasteiger partial charge in [-0.15, -0.1) is 0 Å². The van der Waals surface area contributed by atoms with Gasteiger partial charge in [0.05, 0.1) is 13.7 Å². The van der Waals surface area contributed by atoms with Gasteiger partial charge in [0.25, 0.3) is 5.78 Å². The summed E-state index contributed by atoms with van der Waals surface area (Å²) in [5, 5.41) is 35.2. The van der Waals surface area contributed by atoms with Crippen molar-refractivity contribution in [3.63, 3.8) is 0 Å². The standard InChI is InChI=1S/C7H12O7/c1-14-7(13)6(12)5(11)4(10)3(9)2-8/h3-5,8-11H,2H2,1H3/t3-,4-,5-/m0/s1. The first-order valence-electron chi connectivity index (χ1n) is 3.73. The van der Waals surface area contributed by atoms with E-state index >= 15 is 0 Å². The Morgan fingerprint density at radius 2 is 1.79 bits per heavy atom. The van der Waals surface area contributed by atoms with E-state index in [1.165, 1.54) is 0 Å². The van der Waals surface area contributed by atoms with Crippen molar-refractivity contribution in [2.24, 2.45) is 0 Å². The molecule has 0 heterocycles. The van der Waals surface area contributed by atoms with E-state index < -0.39 is 36.7 Å². The fourth-order valence-electron chi connectivity index (χ4n) is 0.695. The van der Waals surface area contributed by atoms with Crippen LogP contribution in [-0.2, 0) is 14.3 Å². The Hall–Kier alpha value is -1.02. The summed E-state index contributed by atoms with van der Waals surface area (Å²) in [7, 11) is 0.932. The SMILES string of the molecule is COC(=O)C(=O)[C@@H](O)[C@@H](O)[C@@H](O)CO. The molecule has 0 aliphatic rings. The summed E-state index contributed by atoms with van der Waals surface area (Å²) in [4.78, 5) is 21.4. The Bertz CT molecular complexity index is 214. The minimum atomic E-state index is -2.11.